The monoisotopic (exact) mass is 397 g/mol. The minimum atomic E-state index is -2.90. The average Bonchev–Trinajstić information content (AvgIpc) is 2.88. The number of rotatable bonds is 6. The van der Waals surface area contributed by atoms with Crippen LogP contribution in [0.25, 0.3) is 10.2 Å². The maximum atomic E-state index is 12.4. The van der Waals surface area contributed by atoms with Crippen molar-refractivity contribution in [3.63, 3.8) is 0 Å². The number of halogens is 2. The predicted molar refractivity (Wildman–Crippen MR) is 100 cm³/mol. The Hall–Kier alpha value is -2.13. The molecule has 2 aromatic heterocycles. The quantitative estimate of drug-likeness (QED) is 0.476. The van der Waals surface area contributed by atoms with E-state index in [4.69, 9.17) is 10.5 Å². The smallest absolute Gasteiger partial charge is 0.387 e. The van der Waals surface area contributed by atoms with E-state index in [-0.39, 0.29) is 11.5 Å². The van der Waals surface area contributed by atoms with E-state index in [1.807, 2.05) is 13.8 Å². The van der Waals surface area contributed by atoms with Gasteiger partial charge in [-0.25, -0.2) is 9.97 Å². The number of thiophene rings is 1. The maximum Gasteiger partial charge on any atom is 0.387 e. The number of nitrogen functional groups attached to an aromatic ring is 1. The van der Waals surface area contributed by atoms with Gasteiger partial charge in [0, 0.05) is 10.6 Å². The second-order valence-corrected chi connectivity index (χ2v) is 7.65. The minimum Gasteiger partial charge on any atom is -0.493 e. The highest BCUT2D eigenvalue weighted by Crippen LogP contribution is 2.35. The molecule has 3 aromatic rings. The summed E-state index contributed by atoms with van der Waals surface area (Å²) in [7, 11) is 1.41. The Balaban J connectivity index is 1.79. The molecule has 0 aliphatic carbocycles. The van der Waals surface area contributed by atoms with Crippen molar-refractivity contribution in [2.45, 2.75) is 31.4 Å². The standard InChI is InChI=1S/C17H17F2N3O2S2/c1-8-9(2)26-15-13(8)14(20)21-17(22-15)25-7-10-4-5-11(24-16(18)19)12(6-10)23-3/h4-6,16H,7H2,1-3H3,(H2,20,21,22). The molecule has 2 N–H and O–H groups in total. The molecule has 0 saturated heterocycles. The molecule has 9 heteroatoms. The van der Waals surface area contributed by atoms with Gasteiger partial charge in [-0.05, 0) is 37.1 Å². The molecule has 0 aliphatic rings. The largest absolute Gasteiger partial charge is 0.493 e. The summed E-state index contributed by atoms with van der Waals surface area (Å²) < 4.78 is 34.3. The number of nitrogens with zero attached hydrogens (tertiary/aromatic N) is 2. The third kappa shape index (κ3) is 3.83. The van der Waals surface area contributed by atoms with E-state index < -0.39 is 6.61 Å². The molecular formula is C17H17F2N3O2S2. The van der Waals surface area contributed by atoms with Gasteiger partial charge in [-0.15, -0.1) is 11.3 Å². The van der Waals surface area contributed by atoms with Gasteiger partial charge in [0.1, 0.15) is 10.6 Å². The number of fused-ring (bicyclic) bond motifs is 1. The second-order valence-electron chi connectivity index (χ2n) is 5.51. The molecule has 0 unspecified atom stereocenters. The Labute approximate surface area is 157 Å². The third-order valence-corrected chi connectivity index (χ3v) is 5.87. The molecule has 26 heavy (non-hydrogen) atoms. The second kappa shape index (κ2) is 7.63. The third-order valence-electron chi connectivity index (χ3n) is 3.85. The Kier molecular flexibility index (Phi) is 5.47. The summed E-state index contributed by atoms with van der Waals surface area (Å²) in [4.78, 5) is 11.0. The van der Waals surface area contributed by atoms with E-state index in [0.717, 1.165) is 21.3 Å². The van der Waals surface area contributed by atoms with Crippen molar-refractivity contribution in [3.8, 4) is 11.5 Å². The van der Waals surface area contributed by atoms with Gasteiger partial charge in [0.2, 0.25) is 0 Å². The number of benzene rings is 1. The van der Waals surface area contributed by atoms with E-state index in [2.05, 4.69) is 14.7 Å². The Morgan fingerprint density at radius 3 is 2.69 bits per heavy atom. The van der Waals surface area contributed by atoms with Crippen LogP contribution in [0.4, 0.5) is 14.6 Å². The number of thioether (sulfide) groups is 1. The summed E-state index contributed by atoms with van der Waals surface area (Å²) in [5.41, 5.74) is 8.07. The summed E-state index contributed by atoms with van der Waals surface area (Å²) >= 11 is 3.01. The van der Waals surface area contributed by atoms with Crippen LogP contribution in [0, 0.1) is 13.8 Å². The highest BCUT2D eigenvalue weighted by Gasteiger charge is 2.14. The van der Waals surface area contributed by atoms with Crippen LogP contribution in [0.3, 0.4) is 0 Å². The first-order chi connectivity index (χ1) is 12.4. The van der Waals surface area contributed by atoms with Crippen LogP contribution in [0.5, 0.6) is 11.5 Å². The lowest BCUT2D eigenvalue weighted by molar-refractivity contribution is -0.0512. The van der Waals surface area contributed by atoms with Crippen LogP contribution in [0.2, 0.25) is 0 Å². The highest BCUT2D eigenvalue weighted by atomic mass is 32.2. The first-order valence-electron chi connectivity index (χ1n) is 7.66. The molecule has 0 atom stereocenters. The van der Waals surface area contributed by atoms with Gasteiger partial charge < -0.3 is 15.2 Å². The average molecular weight is 397 g/mol. The fourth-order valence-corrected chi connectivity index (χ4v) is 4.36. The number of aromatic nitrogens is 2. The first kappa shape index (κ1) is 18.7. The van der Waals surface area contributed by atoms with Gasteiger partial charge in [-0.2, -0.15) is 8.78 Å². The molecule has 0 radical (unpaired) electrons. The molecule has 5 nitrogen and oxygen atoms in total. The van der Waals surface area contributed by atoms with Crippen molar-refractivity contribution in [2.24, 2.45) is 0 Å². The molecule has 0 fully saturated rings. The minimum absolute atomic E-state index is 0.00250. The number of alkyl halides is 2. The molecule has 0 spiro atoms. The number of nitrogens with two attached hydrogens (primary N) is 1. The zero-order valence-electron chi connectivity index (χ0n) is 14.4. The highest BCUT2D eigenvalue weighted by molar-refractivity contribution is 7.98. The topological polar surface area (TPSA) is 70.3 Å². The zero-order valence-corrected chi connectivity index (χ0v) is 16.0. The molecule has 0 amide bonds. The van der Waals surface area contributed by atoms with Gasteiger partial charge >= 0.3 is 6.61 Å². The predicted octanol–water partition coefficient (Wildman–Crippen LogP) is 4.79. The number of ether oxygens (including phenoxy) is 2. The van der Waals surface area contributed by atoms with Crippen molar-refractivity contribution in [1.82, 2.24) is 9.97 Å². The number of hydrogen-bond donors (Lipinski definition) is 1. The van der Waals surface area contributed by atoms with Crippen LogP contribution >= 0.6 is 23.1 Å². The summed E-state index contributed by atoms with van der Waals surface area (Å²) in [6.45, 7) is 1.14. The van der Waals surface area contributed by atoms with Crippen LogP contribution in [-0.2, 0) is 5.75 Å². The summed E-state index contributed by atoms with van der Waals surface area (Å²) in [6, 6.07) is 4.83. The van der Waals surface area contributed by atoms with Gasteiger partial charge in [0.05, 0.1) is 12.5 Å². The number of anilines is 1. The van der Waals surface area contributed by atoms with Crippen molar-refractivity contribution < 1.29 is 18.3 Å². The number of aryl methyl sites for hydroxylation is 2. The SMILES string of the molecule is COc1cc(CSc2nc(N)c3c(C)c(C)sc3n2)ccc1OC(F)F. The fraction of sp³-hybridized carbons (Fsp3) is 0.294. The van der Waals surface area contributed by atoms with E-state index in [1.54, 1.807) is 23.5 Å². The number of methoxy groups -OCH3 is 1. The summed E-state index contributed by atoms with van der Waals surface area (Å²) in [5, 5.41) is 1.48. The van der Waals surface area contributed by atoms with E-state index in [0.29, 0.717) is 16.7 Å². The molecule has 138 valence electrons. The first-order valence-corrected chi connectivity index (χ1v) is 9.47. The zero-order chi connectivity index (χ0) is 18.8. The van der Waals surface area contributed by atoms with Crippen LogP contribution in [-0.4, -0.2) is 23.7 Å². The van der Waals surface area contributed by atoms with Crippen LogP contribution in [0.15, 0.2) is 23.4 Å². The number of hydrogen-bond acceptors (Lipinski definition) is 7. The van der Waals surface area contributed by atoms with E-state index >= 15 is 0 Å². The normalized spacial score (nSPS) is 11.3. The summed E-state index contributed by atoms with van der Waals surface area (Å²) in [6.07, 6.45) is 0. The Morgan fingerprint density at radius 2 is 2.00 bits per heavy atom. The van der Waals surface area contributed by atoms with Crippen LogP contribution < -0.4 is 15.2 Å². The van der Waals surface area contributed by atoms with Gasteiger partial charge in [-0.1, -0.05) is 17.8 Å². The summed E-state index contributed by atoms with van der Waals surface area (Å²) in [5.74, 6) is 1.27. The molecule has 3 rings (SSSR count). The molecule has 2 heterocycles. The molecule has 0 saturated carbocycles. The lowest BCUT2D eigenvalue weighted by Gasteiger charge is -2.11. The molecule has 0 bridgehead atoms. The maximum absolute atomic E-state index is 12.4. The van der Waals surface area contributed by atoms with Gasteiger partial charge in [-0.3, -0.25) is 0 Å². The van der Waals surface area contributed by atoms with E-state index in [9.17, 15) is 8.78 Å². The van der Waals surface area contributed by atoms with Gasteiger partial charge in [0.15, 0.2) is 16.7 Å². The lowest BCUT2D eigenvalue weighted by Crippen LogP contribution is -2.03. The lowest BCUT2D eigenvalue weighted by atomic mass is 10.2. The van der Waals surface area contributed by atoms with Crippen molar-refractivity contribution >= 4 is 39.1 Å². The molecule has 1 aromatic carbocycles. The molecule has 0 aliphatic heterocycles. The van der Waals surface area contributed by atoms with Crippen molar-refractivity contribution in [3.05, 3.63) is 34.2 Å². The van der Waals surface area contributed by atoms with E-state index in [1.165, 1.54) is 29.8 Å². The van der Waals surface area contributed by atoms with Crippen molar-refractivity contribution in [2.75, 3.05) is 12.8 Å². The van der Waals surface area contributed by atoms with Crippen LogP contribution in [0.1, 0.15) is 16.0 Å². The Bertz CT molecular complexity index is 947. The fourth-order valence-electron chi connectivity index (χ4n) is 2.47. The van der Waals surface area contributed by atoms with Crippen molar-refractivity contribution in [1.29, 1.82) is 0 Å². The molecular weight excluding hydrogens is 380 g/mol. The van der Waals surface area contributed by atoms with Gasteiger partial charge in [0.25, 0.3) is 0 Å². The Morgan fingerprint density at radius 1 is 1.23 bits per heavy atom.